The Balaban J connectivity index is 1.63. The molecule has 0 radical (unpaired) electrons. The summed E-state index contributed by atoms with van der Waals surface area (Å²) in [6, 6.07) is 15.5. The Morgan fingerprint density at radius 3 is 2.70 bits per heavy atom. The Hall–Kier alpha value is -3.31. The largest absolute Gasteiger partial charge is 0.478 e. The van der Waals surface area contributed by atoms with Gasteiger partial charge in [0, 0.05) is 46.7 Å². The van der Waals surface area contributed by atoms with Crippen LogP contribution in [0.25, 0.3) is 22.0 Å². The predicted octanol–water partition coefficient (Wildman–Crippen LogP) is 6.21. The molecule has 0 amide bonds. The van der Waals surface area contributed by atoms with Gasteiger partial charge in [0.1, 0.15) is 11.4 Å². The molecule has 1 aliphatic rings. The van der Waals surface area contributed by atoms with Crippen molar-refractivity contribution >= 4 is 40.0 Å². The molecule has 0 unspecified atom stereocenters. The van der Waals surface area contributed by atoms with Crippen molar-refractivity contribution in [2.45, 2.75) is 18.8 Å². The van der Waals surface area contributed by atoms with Gasteiger partial charge in [-0.05, 0) is 54.7 Å². The molecular weight excluding hydrogens is 398 g/mol. The van der Waals surface area contributed by atoms with E-state index in [2.05, 4.69) is 14.9 Å². The number of carboxylic acids is 1. The Bertz CT molecular complexity index is 1290. The third-order valence-electron chi connectivity index (χ3n) is 5.58. The van der Waals surface area contributed by atoms with Crippen molar-refractivity contribution in [3.63, 3.8) is 0 Å². The van der Waals surface area contributed by atoms with Crippen LogP contribution >= 0.6 is 11.6 Å². The van der Waals surface area contributed by atoms with Crippen LogP contribution in [0.1, 0.15) is 34.7 Å². The van der Waals surface area contributed by atoms with Crippen LogP contribution in [0.4, 0.5) is 11.5 Å². The summed E-state index contributed by atoms with van der Waals surface area (Å²) < 4.78 is 2.06. The molecule has 1 aliphatic carbocycles. The molecule has 2 aromatic carbocycles. The normalized spacial score (nSPS) is 13.5. The van der Waals surface area contributed by atoms with Gasteiger partial charge in [-0.3, -0.25) is 0 Å². The first kappa shape index (κ1) is 18.7. The highest BCUT2D eigenvalue weighted by Crippen LogP contribution is 2.41. The van der Waals surface area contributed by atoms with Crippen LogP contribution in [0, 0.1) is 0 Å². The number of pyridine rings is 1. The number of fused-ring (bicyclic) bond motifs is 1. The number of anilines is 2. The summed E-state index contributed by atoms with van der Waals surface area (Å²) in [4.78, 5) is 16.3. The fourth-order valence-electron chi connectivity index (χ4n) is 3.92. The molecule has 0 aliphatic heterocycles. The van der Waals surface area contributed by atoms with E-state index in [0.29, 0.717) is 16.8 Å². The van der Waals surface area contributed by atoms with E-state index in [4.69, 9.17) is 11.6 Å². The van der Waals surface area contributed by atoms with E-state index in [1.165, 1.54) is 0 Å². The molecule has 2 N–H and O–H groups in total. The number of aryl methyl sites for hydroxylation is 1. The van der Waals surface area contributed by atoms with E-state index in [1.807, 2.05) is 55.7 Å². The second-order valence-corrected chi connectivity index (χ2v) is 8.14. The fraction of sp³-hybridized carbons (Fsp3) is 0.167. The minimum absolute atomic E-state index is 0.187. The van der Waals surface area contributed by atoms with E-state index in [9.17, 15) is 9.90 Å². The number of benzene rings is 2. The predicted molar refractivity (Wildman–Crippen MR) is 120 cm³/mol. The van der Waals surface area contributed by atoms with Crippen LogP contribution in [0.15, 0.2) is 60.9 Å². The summed E-state index contributed by atoms with van der Waals surface area (Å²) in [6.07, 6.45) is 5.97. The van der Waals surface area contributed by atoms with Crippen molar-refractivity contribution in [2.24, 2.45) is 7.05 Å². The Morgan fingerprint density at radius 2 is 1.97 bits per heavy atom. The molecule has 0 spiro atoms. The van der Waals surface area contributed by atoms with Crippen molar-refractivity contribution in [3.8, 4) is 11.1 Å². The Kier molecular flexibility index (Phi) is 4.48. The molecule has 5 nitrogen and oxygen atoms in total. The quantitative estimate of drug-likeness (QED) is 0.405. The first-order valence-corrected chi connectivity index (χ1v) is 10.2. The zero-order valence-electron chi connectivity index (χ0n) is 16.4. The zero-order valence-corrected chi connectivity index (χ0v) is 17.1. The van der Waals surface area contributed by atoms with Crippen molar-refractivity contribution in [2.75, 3.05) is 5.32 Å². The molecule has 1 fully saturated rings. The summed E-state index contributed by atoms with van der Waals surface area (Å²) in [5.74, 6) is -0.205. The summed E-state index contributed by atoms with van der Waals surface area (Å²) in [6.45, 7) is 0. The molecule has 150 valence electrons. The van der Waals surface area contributed by atoms with Crippen molar-refractivity contribution in [3.05, 3.63) is 77.1 Å². The maximum absolute atomic E-state index is 11.9. The van der Waals surface area contributed by atoms with E-state index >= 15 is 0 Å². The third kappa shape index (κ3) is 3.31. The highest BCUT2D eigenvalue weighted by atomic mass is 35.5. The maximum atomic E-state index is 11.9. The fourth-order valence-corrected chi connectivity index (χ4v) is 4.16. The van der Waals surface area contributed by atoms with Gasteiger partial charge in [-0.15, -0.1) is 0 Å². The minimum atomic E-state index is -0.986. The van der Waals surface area contributed by atoms with E-state index in [1.54, 1.807) is 12.3 Å². The van der Waals surface area contributed by atoms with Crippen LogP contribution < -0.4 is 5.32 Å². The van der Waals surface area contributed by atoms with Crippen LogP contribution in [0.5, 0.6) is 0 Å². The highest BCUT2D eigenvalue weighted by Gasteiger charge is 2.26. The number of nitrogens with zero attached hydrogens (tertiary/aromatic N) is 2. The van der Waals surface area contributed by atoms with Gasteiger partial charge in [0.25, 0.3) is 0 Å². The lowest BCUT2D eigenvalue weighted by molar-refractivity contribution is 0.0697. The number of aromatic carboxylic acids is 1. The number of nitrogens with one attached hydrogen (secondary N) is 1. The van der Waals surface area contributed by atoms with Crippen LogP contribution in [-0.2, 0) is 7.05 Å². The third-order valence-corrected chi connectivity index (χ3v) is 5.91. The van der Waals surface area contributed by atoms with Crippen molar-refractivity contribution in [1.82, 2.24) is 9.55 Å². The second-order valence-electron chi connectivity index (χ2n) is 7.74. The molecule has 5 rings (SSSR count). The molecule has 6 heteroatoms. The number of hydrogen-bond donors (Lipinski definition) is 2. The van der Waals surface area contributed by atoms with Gasteiger partial charge < -0.3 is 15.0 Å². The van der Waals surface area contributed by atoms with Gasteiger partial charge in [0.05, 0.1) is 5.52 Å². The number of rotatable bonds is 5. The molecular formula is C24H20ClN3O2. The highest BCUT2D eigenvalue weighted by molar-refractivity contribution is 6.33. The summed E-state index contributed by atoms with van der Waals surface area (Å²) in [7, 11) is 2.00. The molecule has 0 atom stereocenters. The molecule has 2 aromatic heterocycles. The topological polar surface area (TPSA) is 67.2 Å². The van der Waals surface area contributed by atoms with Gasteiger partial charge in [0.15, 0.2) is 0 Å². The lowest BCUT2D eigenvalue weighted by atomic mass is 10.0. The first-order chi connectivity index (χ1) is 14.5. The number of halogens is 1. The van der Waals surface area contributed by atoms with Crippen LogP contribution in [0.2, 0.25) is 5.02 Å². The van der Waals surface area contributed by atoms with E-state index < -0.39 is 5.97 Å². The van der Waals surface area contributed by atoms with Crippen LogP contribution in [-0.4, -0.2) is 20.6 Å². The summed E-state index contributed by atoms with van der Waals surface area (Å²) in [5.41, 5.74) is 4.90. The second kappa shape index (κ2) is 7.18. The zero-order chi connectivity index (χ0) is 20.8. The lowest BCUT2D eigenvalue weighted by Gasteiger charge is -2.14. The van der Waals surface area contributed by atoms with Gasteiger partial charge in [-0.1, -0.05) is 29.8 Å². The lowest BCUT2D eigenvalue weighted by Crippen LogP contribution is -2.06. The SMILES string of the molecule is Cn1ccc2cc(Nc3ncc(C4CC4)cc3C(=O)O)cc(-c3ccccc3Cl)c21. The maximum Gasteiger partial charge on any atom is 0.339 e. The van der Waals surface area contributed by atoms with E-state index in [-0.39, 0.29) is 5.56 Å². The average Bonchev–Trinajstić information content (AvgIpc) is 3.51. The smallest absolute Gasteiger partial charge is 0.339 e. The van der Waals surface area contributed by atoms with Gasteiger partial charge in [-0.2, -0.15) is 0 Å². The Labute approximate surface area is 178 Å². The number of carboxylic acid groups (broad SMARTS) is 1. The Morgan fingerprint density at radius 1 is 1.17 bits per heavy atom. The standard InChI is InChI=1S/C24H20ClN3O2/c1-28-9-8-15-10-17(12-19(22(15)28)18-4-2-3-5-21(18)25)27-23-20(24(29)30)11-16(13-26-23)14-6-7-14/h2-5,8-14H,6-7H2,1H3,(H,26,27)(H,29,30). The molecule has 0 saturated heterocycles. The molecule has 4 aromatic rings. The average molecular weight is 418 g/mol. The van der Waals surface area contributed by atoms with Crippen molar-refractivity contribution in [1.29, 1.82) is 0 Å². The molecule has 0 bridgehead atoms. The number of carbonyl (C=O) groups is 1. The summed E-state index contributed by atoms with van der Waals surface area (Å²) >= 11 is 6.49. The monoisotopic (exact) mass is 417 g/mol. The molecule has 30 heavy (non-hydrogen) atoms. The minimum Gasteiger partial charge on any atom is -0.478 e. The van der Waals surface area contributed by atoms with Gasteiger partial charge >= 0.3 is 5.97 Å². The molecule has 2 heterocycles. The van der Waals surface area contributed by atoms with E-state index in [0.717, 1.165) is 46.1 Å². The number of hydrogen-bond acceptors (Lipinski definition) is 3. The van der Waals surface area contributed by atoms with Crippen molar-refractivity contribution < 1.29 is 9.90 Å². The van der Waals surface area contributed by atoms with Gasteiger partial charge in [-0.25, -0.2) is 9.78 Å². The first-order valence-electron chi connectivity index (χ1n) is 9.85. The van der Waals surface area contributed by atoms with Crippen LogP contribution in [0.3, 0.4) is 0 Å². The summed E-state index contributed by atoms with van der Waals surface area (Å²) in [5, 5.41) is 14.6. The number of aromatic nitrogens is 2. The van der Waals surface area contributed by atoms with Gasteiger partial charge in [0.2, 0.25) is 0 Å². The molecule has 1 saturated carbocycles.